The Morgan fingerprint density at radius 1 is 1.23 bits per heavy atom. The van der Waals surface area contributed by atoms with Gasteiger partial charge in [-0.1, -0.05) is 23.7 Å². The first kappa shape index (κ1) is 22.5. The Hall–Kier alpha value is -3.17. The first-order valence-electron chi connectivity index (χ1n) is 9.77. The van der Waals surface area contributed by atoms with E-state index >= 15 is 0 Å². The van der Waals surface area contributed by atoms with Crippen molar-refractivity contribution in [2.45, 2.75) is 39.8 Å². The fourth-order valence-electron chi connectivity index (χ4n) is 3.30. The molecular weight excluding hydrogens is 420 g/mol. The quantitative estimate of drug-likeness (QED) is 0.377. The van der Waals surface area contributed by atoms with E-state index in [1.54, 1.807) is 38.1 Å². The Bertz CT molecular complexity index is 1100. The summed E-state index contributed by atoms with van der Waals surface area (Å²) >= 11 is 6.03. The van der Waals surface area contributed by atoms with Gasteiger partial charge in [-0.15, -0.1) is 0 Å². The van der Waals surface area contributed by atoms with Gasteiger partial charge in [0.15, 0.2) is 5.82 Å². The van der Waals surface area contributed by atoms with Crippen LogP contribution in [0, 0.1) is 13.8 Å². The second-order valence-electron chi connectivity index (χ2n) is 7.47. The number of aromatic nitrogens is 4. The van der Waals surface area contributed by atoms with Crippen molar-refractivity contribution in [2.24, 2.45) is 0 Å². The van der Waals surface area contributed by atoms with E-state index in [2.05, 4.69) is 30.6 Å². The number of carbonyl (C=O) groups is 1. The summed E-state index contributed by atoms with van der Waals surface area (Å²) in [6.45, 7) is 7.11. The molecule has 2 heterocycles. The first-order chi connectivity index (χ1) is 14.7. The number of hydrogen-bond donors (Lipinski definition) is 5. The van der Waals surface area contributed by atoms with Crippen molar-refractivity contribution >= 4 is 23.5 Å². The van der Waals surface area contributed by atoms with Crippen molar-refractivity contribution in [3.63, 3.8) is 0 Å². The fourth-order valence-corrected chi connectivity index (χ4v) is 3.50. The monoisotopic (exact) mass is 444 g/mol. The van der Waals surface area contributed by atoms with Crippen LogP contribution < -0.4 is 10.6 Å². The number of carbonyl (C=O) groups excluding carboxylic acids is 1. The molecule has 0 radical (unpaired) electrons. The second-order valence-corrected chi connectivity index (χ2v) is 7.91. The van der Waals surface area contributed by atoms with Gasteiger partial charge in [-0.05, 0) is 51.0 Å². The lowest BCUT2D eigenvalue weighted by molar-refractivity contribution is 0.0911. The number of benzene rings is 1. The van der Waals surface area contributed by atoms with Crippen molar-refractivity contribution in [1.29, 1.82) is 0 Å². The smallest absolute Gasteiger partial charge is 0.319 e. The molecule has 0 saturated heterocycles. The maximum absolute atomic E-state index is 13.0. The minimum absolute atomic E-state index is 0.0614. The third-order valence-electron chi connectivity index (χ3n) is 4.67. The molecule has 0 aliphatic heterocycles. The highest BCUT2D eigenvalue weighted by atomic mass is 35.5. The summed E-state index contributed by atoms with van der Waals surface area (Å²) in [5.41, 5.74) is 2.87. The zero-order valence-corrected chi connectivity index (χ0v) is 18.4. The van der Waals surface area contributed by atoms with Gasteiger partial charge in [-0.25, -0.2) is 0 Å². The average molecular weight is 445 g/mol. The molecule has 5 N–H and O–H groups in total. The third kappa shape index (κ3) is 5.12. The van der Waals surface area contributed by atoms with Crippen LogP contribution in [0.1, 0.15) is 47.2 Å². The zero-order valence-electron chi connectivity index (χ0n) is 17.7. The summed E-state index contributed by atoms with van der Waals surface area (Å²) in [6.07, 6.45) is 0. The van der Waals surface area contributed by atoms with Crippen LogP contribution in [0.2, 0.25) is 5.02 Å². The molecule has 0 spiro atoms. The van der Waals surface area contributed by atoms with E-state index in [0.29, 0.717) is 33.1 Å². The van der Waals surface area contributed by atoms with Gasteiger partial charge in [0.25, 0.3) is 5.91 Å². The van der Waals surface area contributed by atoms with E-state index < -0.39 is 18.0 Å². The number of halogens is 1. The molecule has 0 bridgehead atoms. The van der Waals surface area contributed by atoms with E-state index in [0.717, 1.165) is 0 Å². The Balaban J connectivity index is 1.92. The standard InChI is InChI=1S/C21H25ClN6O3/c1-10(2)23-20-26-18(27-21(31)28-20)16-11(3)17(24-12(16)4)19(30)25-15(9-29)13-6-5-7-14(22)8-13/h5-8,10,15,24,29H,9H2,1-4H3,(H,25,30)(H2,23,26,27,28,31)/t15-/m1/s1. The molecule has 0 fully saturated rings. The molecule has 1 aromatic carbocycles. The van der Waals surface area contributed by atoms with Gasteiger partial charge in [0.05, 0.1) is 12.6 Å². The molecule has 164 valence electrons. The molecule has 3 aromatic rings. The Morgan fingerprint density at radius 3 is 2.61 bits per heavy atom. The Labute approximate surface area is 184 Å². The van der Waals surface area contributed by atoms with Crippen LogP contribution in [0.15, 0.2) is 24.3 Å². The molecule has 0 unspecified atom stereocenters. The van der Waals surface area contributed by atoms with Gasteiger partial charge in [0, 0.05) is 22.3 Å². The molecule has 2 aromatic heterocycles. The van der Waals surface area contributed by atoms with Gasteiger partial charge in [-0.2, -0.15) is 15.0 Å². The van der Waals surface area contributed by atoms with Gasteiger partial charge < -0.3 is 25.8 Å². The highest BCUT2D eigenvalue weighted by Gasteiger charge is 2.23. The molecule has 0 aliphatic rings. The number of amides is 1. The number of aromatic hydroxyl groups is 1. The van der Waals surface area contributed by atoms with Crippen LogP contribution in [0.4, 0.5) is 5.95 Å². The summed E-state index contributed by atoms with van der Waals surface area (Å²) in [6, 6.07) is 5.97. The Kier molecular flexibility index (Phi) is 6.77. The lowest BCUT2D eigenvalue weighted by atomic mass is 10.1. The largest absolute Gasteiger partial charge is 0.479 e. The molecule has 0 saturated carbocycles. The van der Waals surface area contributed by atoms with Crippen molar-refractivity contribution in [2.75, 3.05) is 11.9 Å². The third-order valence-corrected chi connectivity index (χ3v) is 4.90. The first-order valence-corrected chi connectivity index (χ1v) is 10.2. The number of aryl methyl sites for hydroxylation is 1. The number of aromatic amines is 1. The predicted molar refractivity (Wildman–Crippen MR) is 118 cm³/mol. The van der Waals surface area contributed by atoms with Crippen molar-refractivity contribution in [3.05, 3.63) is 51.8 Å². The minimum Gasteiger partial charge on any atom is -0.479 e. The summed E-state index contributed by atoms with van der Waals surface area (Å²) in [5.74, 6) is 0.0870. The maximum Gasteiger partial charge on any atom is 0.319 e. The number of hydrogen-bond acceptors (Lipinski definition) is 7. The topological polar surface area (TPSA) is 136 Å². The minimum atomic E-state index is -0.624. The summed E-state index contributed by atoms with van der Waals surface area (Å²) in [7, 11) is 0. The molecule has 3 rings (SSSR count). The molecular formula is C21H25ClN6O3. The Morgan fingerprint density at radius 2 is 1.97 bits per heavy atom. The van der Waals surface area contributed by atoms with Crippen molar-refractivity contribution in [3.8, 4) is 17.4 Å². The maximum atomic E-state index is 13.0. The lowest BCUT2D eigenvalue weighted by Crippen LogP contribution is -2.31. The van der Waals surface area contributed by atoms with Crippen molar-refractivity contribution in [1.82, 2.24) is 25.3 Å². The lowest BCUT2D eigenvalue weighted by Gasteiger charge is -2.17. The van der Waals surface area contributed by atoms with Crippen molar-refractivity contribution < 1.29 is 15.0 Å². The second kappa shape index (κ2) is 9.32. The van der Waals surface area contributed by atoms with Crippen LogP contribution in [0.25, 0.3) is 11.4 Å². The van der Waals surface area contributed by atoms with E-state index in [9.17, 15) is 15.0 Å². The van der Waals surface area contributed by atoms with E-state index in [-0.39, 0.29) is 24.4 Å². The van der Waals surface area contributed by atoms with Gasteiger partial charge in [-0.3, -0.25) is 4.79 Å². The molecule has 0 aliphatic carbocycles. The number of nitrogens with zero attached hydrogens (tertiary/aromatic N) is 3. The molecule has 31 heavy (non-hydrogen) atoms. The zero-order chi connectivity index (χ0) is 22.7. The van der Waals surface area contributed by atoms with E-state index in [1.165, 1.54) is 0 Å². The van der Waals surface area contributed by atoms with Gasteiger partial charge in [0.2, 0.25) is 5.95 Å². The highest BCUT2D eigenvalue weighted by molar-refractivity contribution is 6.30. The van der Waals surface area contributed by atoms with Crippen LogP contribution in [0.3, 0.4) is 0 Å². The molecule has 1 atom stereocenters. The number of anilines is 1. The van der Waals surface area contributed by atoms with E-state index in [4.69, 9.17) is 11.6 Å². The fraction of sp³-hybridized carbons (Fsp3) is 0.333. The number of H-pyrrole nitrogens is 1. The number of aliphatic hydroxyl groups excluding tert-OH is 1. The normalized spacial score (nSPS) is 12.1. The predicted octanol–water partition coefficient (Wildman–Crippen LogP) is 3.13. The molecule has 1 amide bonds. The van der Waals surface area contributed by atoms with E-state index in [1.807, 2.05) is 13.8 Å². The summed E-state index contributed by atoms with van der Waals surface area (Å²) < 4.78 is 0. The average Bonchev–Trinajstić information content (AvgIpc) is 2.99. The summed E-state index contributed by atoms with van der Waals surface area (Å²) in [4.78, 5) is 28.3. The molecule has 10 heteroatoms. The van der Waals surface area contributed by atoms with Gasteiger partial charge in [0.1, 0.15) is 5.69 Å². The molecule has 9 nitrogen and oxygen atoms in total. The van der Waals surface area contributed by atoms with Gasteiger partial charge >= 0.3 is 6.01 Å². The number of nitrogens with one attached hydrogen (secondary N) is 3. The van der Waals surface area contributed by atoms with Crippen LogP contribution in [-0.2, 0) is 0 Å². The number of rotatable bonds is 7. The number of aliphatic hydroxyl groups is 1. The van der Waals surface area contributed by atoms with Crippen LogP contribution >= 0.6 is 11.6 Å². The SMILES string of the molecule is Cc1[nH]c(C(=O)N[C@H](CO)c2cccc(Cl)c2)c(C)c1-c1nc(O)nc(NC(C)C)n1. The van der Waals surface area contributed by atoms with Crippen LogP contribution in [-0.4, -0.2) is 48.7 Å². The summed E-state index contributed by atoms with van der Waals surface area (Å²) in [5, 5.41) is 26.1. The van der Waals surface area contributed by atoms with Crippen LogP contribution in [0.5, 0.6) is 6.01 Å². The highest BCUT2D eigenvalue weighted by Crippen LogP contribution is 2.29.